The largest absolute Gasteiger partial charge is 0.497 e. The predicted octanol–water partition coefficient (Wildman–Crippen LogP) is 1.19. The number of hydrogen-bond donors (Lipinski definition) is 0. The second kappa shape index (κ2) is 10.6. The maximum Gasteiger partial charge on any atom is 0.254 e. The fraction of sp³-hybridized carbons (Fsp3) is 0.619. The molecule has 1 aromatic rings. The van der Waals surface area contributed by atoms with E-state index in [1.54, 1.807) is 41.2 Å². The Morgan fingerprint density at radius 1 is 1.10 bits per heavy atom. The summed E-state index contributed by atoms with van der Waals surface area (Å²) >= 11 is 0. The van der Waals surface area contributed by atoms with Gasteiger partial charge in [-0.25, -0.2) is 0 Å². The van der Waals surface area contributed by atoms with Crippen molar-refractivity contribution in [3.05, 3.63) is 29.8 Å². The van der Waals surface area contributed by atoms with Crippen LogP contribution in [0.15, 0.2) is 24.3 Å². The average molecular weight is 406 g/mol. The molecule has 29 heavy (non-hydrogen) atoms. The molecule has 0 spiro atoms. The molecule has 2 amide bonds. The Labute approximate surface area is 171 Å². The smallest absolute Gasteiger partial charge is 0.254 e. The molecule has 0 aromatic heterocycles. The summed E-state index contributed by atoms with van der Waals surface area (Å²) in [6.45, 7) is 3.13. The summed E-state index contributed by atoms with van der Waals surface area (Å²) in [5, 5.41) is 0. The Kier molecular flexibility index (Phi) is 7.85. The van der Waals surface area contributed by atoms with E-state index in [-0.39, 0.29) is 30.6 Å². The van der Waals surface area contributed by atoms with Gasteiger partial charge in [0.25, 0.3) is 5.91 Å². The third-order valence-corrected chi connectivity index (χ3v) is 5.26. The number of hydrogen-bond acceptors (Lipinski definition) is 6. The number of ether oxygens (including phenoxy) is 4. The normalized spacial score (nSPS) is 21.8. The number of morpholine rings is 1. The molecule has 2 fully saturated rings. The first-order valence-electron chi connectivity index (χ1n) is 10.0. The van der Waals surface area contributed by atoms with Crippen LogP contribution in [0.25, 0.3) is 0 Å². The number of rotatable bonds is 8. The van der Waals surface area contributed by atoms with Crippen molar-refractivity contribution in [2.24, 2.45) is 0 Å². The van der Waals surface area contributed by atoms with Crippen molar-refractivity contribution in [1.29, 1.82) is 0 Å². The van der Waals surface area contributed by atoms with Crippen LogP contribution in [0.2, 0.25) is 0 Å². The quantitative estimate of drug-likeness (QED) is 0.646. The van der Waals surface area contributed by atoms with Gasteiger partial charge in [0.1, 0.15) is 12.4 Å². The molecule has 160 valence electrons. The number of amides is 2. The molecule has 0 bridgehead atoms. The molecule has 0 N–H and O–H groups in total. The lowest BCUT2D eigenvalue weighted by molar-refractivity contribution is -0.143. The summed E-state index contributed by atoms with van der Waals surface area (Å²) in [6, 6.07) is 7.08. The molecule has 8 heteroatoms. The van der Waals surface area contributed by atoms with E-state index in [0.717, 1.165) is 19.4 Å². The summed E-state index contributed by atoms with van der Waals surface area (Å²) in [5.41, 5.74) is 0.590. The van der Waals surface area contributed by atoms with Gasteiger partial charge in [-0.1, -0.05) is 0 Å². The van der Waals surface area contributed by atoms with Crippen molar-refractivity contribution in [2.45, 2.75) is 25.0 Å². The van der Waals surface area contributed by atoms with Crippen molar-refractivity contribution in [3.8, 4) is 5.75 Å². The molecule has 2 aliphatic rings. The Morgan fingerprint density at radius 2 is 1.83 bits per heavy atom. The molecule has 2 heterocycles. The monoisotopic (exact) mass is 406 g/mol. The minimum absolute atomic E-state index is 0.0343. The molecule has 2 saturated heterocycles. The second-order valence-electron chi connectivity index (χ2n) is 7.34. The minimum atomic E-state index is -0.242. The SMILES string of the molecule is COCC(=O)N1CCO[C@H](CN(C[C@H]2CCCO2)C(=O)c2ccc(OC)cc2)C1. The molecule has 1 aromatic carbocycles. The van der Waals surface area contributed by atoms with Gasteiger partial charge in [-0.15, -0.1) is 0 Å². The van der Waals surface area contributed by atoms with Gasteiger partial charge in [0.05, 0.1) is 25.9 Å². The van der Waals surface area contributed by atoms with Gasteiger partial charge in [-0.2, -0.15) is 0 Å². The minimum Gasteiger partial charge on any atom is -0.497 e. The Hall–Kier alpha value is -2.16. The van der Waals surface area contributed by atoms with Gasteiger partial charge in [0.15, 0.2) is 0 Å². The molecule has 0 aliphatic carbocycles. The topological polar surface area (TPSA) is 77.5 Å². The zero-order chi connectivity index (χ0) is 20.6. The molecule has 3 rings (SSSR count). The van der Waals surface area contributed by atoms with E-state index in [0.29, 0.717) is 44.1 Å². The number of nitrogens with zero attached hydrogens (tertiary/aromatic N) is 2. The van der Waals surface area contributed by atoms with Crippen LogP contribution < -0.4 is 4.74 Å². The Bertz CT molecular complexity index is 674. The molecular weight excluding hydrogens is 376 g/mol. The fourth-order valence-electron chi connectivity index (χ4n) is 3.71. The first-order valence-corrected chi connectivity index (χ1v) is 10.0. The van der Waals surface area contributed by atoms with Crippen LogP contribution in [0.3, 0.4) is 0 Å². The molecule has 0 saturated carbocycles. The van der Waals surface area contributed by atoms with E-state index in [4.69, 9.17) is 18.9 Å². The van der Waals surface area contributed by atoms with Crippen LogP contribution in [0.5, 0.6) is 5.75 Å². The highest BCUT2D eigenvalue weighted by Gasteiger charge is 2.30. The summed E-state index contributed by atoms with van der Waals surface area (Å²) in [6.07, 6.45) is 1.74. The van der Waals surface area contributed by atoms with E-state index in [9.17, 15) is 9.59 Å². The molecular formula is C21H30N2O6. The first-order chi connectivity index (χ1) is 14.1. The van der Waals surface area contributed by atoms with Crippen molar-refractivity contribution >= 4 is 11.8 Å². The number of carbonyl (C=O) groups excluding carboxylic acids is 2. The maximum atomic E-state index is 13.2. The number of methoxy groups -OCH3 is 2. The lowest BCUT2D eigenvalue weighted by atomic mass is 10.1. The summed E-state index contributed by atoms with van der Waals surface area (Å²) in [5.74, 6) is 0.565. The molecule has 2 aliphatic heterocycles. The highest BCUT2D eigenvalue weighted by atomic mass is 16.5. The third-order valence-electron chi connectivity index (χ3n) is 5.26. The van der Waals surface area contributed by atoms with Crippen LogP contribution in [0.4, 0.5) is 0 Å². The second-order valence-corrected chi connectivity index (χ2v) is 7.34. The van der Waals surface area contributed by atoms with Gasteiger partial charge in [0, 0.05) is 45.5 Å². The van der Waals surface area contributed by atoms with Crippen molar-refractivity contribution < 1.29 is 28.5 Å². The van der Waals surface area contributed by atoms with Crippen LogP contribution in [0, 0.1) is 0 Å². The number of benzene rings is 1. The zero-order valence-corrected chi connectivity index (χ0v) is 17.2. The highest BCUT2D eigenvalue weighted by Crippen LogP contribution is 2.18. The van der Waals surface area contributed by atoms with Crippen LogP contribution in [-0.4, -0.2) is 94.0 Å². The van der Waals surface area contributed by atoms with Crippen molar-refractivity contribution in [2.75, 3.05) is 60.2 Å². The van der Waals surface area contributed by atoms with Crippen molar-refractivity contribution in [3.63, 3.8) is 0 Å². The fourth-order valence-corrected chi connectivity index (χ4v) is 3.71. The van der Waals surface area contributed by atoms with E-state index < -0.39 is 0 Å². The van der Waals surface area contributed by atoms with Gasteiger partial charge in [0.2, 0.25) is 5.91 Å². The van der Waals surface area contributed by atoms with E-state index in [2.05, 4.69) is 0 Å². The Morgan fingerprint density at radius 3 is 2.48 bits per heavy atom. The summed E-state index contributed by atoms with van der Waals surface area (Å²) in [7, 11) is 3.10. The predicted molar refractivity (Wildman–Crippen MR) is 106 cm³/mol. The molecule has 8 nitrogen and oxygen atoms in total. The molecule has 0 radical (unpaired) electrons. The van der Waals surface area contributed by atoms with E-state index >= 15 is 0 Å². The average Bonchev–Trinajstić information content (AvgIpc) is 3.26. The third kappa shape index (κ3) is 5.91. The summed E-state index contributed by atoms with van der Waals surface area (Å²) < 4.78 is 21.7. The van der Waals surface area contributed by atoms with Crippen LogP contribution >= 0.6 is 0 Å². The summed E-state index contributed by atoms with van der Waals surface area (Å²) in [4.78, 5) is 28.9. The lowest BCUT2D eigenvalue weighted by Gasteiger charge is -2.36. The standard InChI is InChI=1S/C21H30N2O6/c1-26-15-20(24)22-9-11-29-19(13-22)14-23(12-18-4-3-10-28-18)21(25)16-5-7-17(27-2)8-6-16/h5-8,18-19H,3-4,9-15H2,1-2H3/t18-,19+/m1/s1. The van der Waals surface area contributed by atoms with Gasteiger partial charge < -0.3 is 28.7 Å². The van der Waals surface area contributed by atoms with Gasteiger partial charge >= 0.3 is 0 Å². The lowest BCUT2D eigenvalue weighted by Crippen LogP contribution is -2.52. The van der Waals surface area contributed by atoms with Crippen molar-refractivity contribution in [1.82, 2.24) is 9.80 Å². The van der Waals surface area contributed by atoms with Gasteiger partial charge in [-0.3, -0.25) is 9.59 Å². The molecule has 0 unspecified atom stereocenters. The van der Waals surface area contributed by atoms with Crippen LogP contribution in [-0.2, 0) is 19.0 Å². The zero-order valence-electron chi connectivity index (χ0n) is 17.2. The van der Waals surface area contributed by atoms with E-state index in [1.807, 2.05) is 0 Å². The van der Waals surface area contributed by atoms with Gasteiger partial charge in [-0.05, 0) is 37.1 Å². The highest BCUT2D eigenvalue weighted by molar-refractivity contribution is 5.94. The maximum absolute atomic E-state index is 13.2. The number of carbonyl (C=O) groups is 2. The first kappa shape index (κ1) is 21.5. The van der Waals surface area contributed by atoms with E-state index in [1.165, 1.54) is 7.11 Å². The Balaban J connectivity index is 1.68. The van der Waals surface area contributed by atoms with Crippen LogP contribution in [0.1, 0.15) is 23.2 Å². The molecule has 2 atom stereocenters.